The molecule has 3 aliphatic heterocycles. The first-order valence-corrected chi connectivity index (χ1v) is 9.64. The van der Waals surface area contributed by atoms with Gasteiger partial charge >= 0.3 is 6.09 Å². The highest BCUT2D eigenvalue weighted by atomic mass is 32.1. The molecule has 2 bridgehead atoms. The van der Waals surface area contributed by atoms with Crippen LogP contribution in [0.4, 0.5) is 10.6 Å². The van der Waals surface area contributed by atoms with Crippen molar-refractivity contribution in [3.63, 3.8) is 0 Å². The largest absolute Gasteiger partial charge is 0.449 e. The van der Waals surface area contributed by atoms with Crippen LogP contribution >= 0.6 is 11.3 Å². The number of anilines is 1. The van der Waals surface area contributed by atoms with Crippen LogP contribution in [0, 0.1) is 12.3 Å². The Morgan fingerprint density at radius 1 is 1.24 bits per heavy atom. The quantitative estimate of drug-likeness (QED) is 0.893. The number of hydrogen-bond donors (Lipinski definition) is 1. The van der Waals surface area contributed by atoms with Crippen LogP contribution in [-0.4, -0.2) is 42.2 Å². The number of nitrogens with one attached hydrogen (secondary N) is 1. The summed E-state index contributed by atoms with van der Waals surface area (Å²) in [6, 6.07) is 10.0. The zero-order chi connectivity index (χ0) is 17.3. The lowest BCUT2D eigenvalue weighted by molar-refractivity contribution is -0.0190. The van der Waals surface area contributed by atoms with Gasteiger partial charge in [-0.3, -0.25) is 5.32 Å². The van der Waals surface area contributed by atoms with E-state index < -0.39 is 6.09 Å². The molecule has 3 fully saturated rings. The van der Waals surface area contributed by atoms with Crippen molar-refractivity contribution in [2.75, 3.05) is 31.6 Å². The maximum absolute atomic E-state index is 12.3. The van der Waals surface area contributed by atoms with Crippen LogP contribution in [-0.2, 0) is 4.74 Å². The maximum atomic E-state index is 12.3. The monoisotopic (exact) mass is 357 g/mol. The predicted octanol–water partition coefficient (Wildman–Crippen LogP) is 4.15. The van der Waals surface area contributed by atoms with Crippen LogP contribution in [0.1, 0.15) is 24.3 Å². The average Bonchev–Trinajstić information content (AvgIpc) is 3.02. The van der Waals surface area contributed by atoms with Crippen LogP contribution in [0.5, 0.6) is 0 Å². The number of hydrogen-bond acceptors (Lipinski definition) is 5. The molecule has 5 nitrogen and oxygen atoms in total. The highest BCUT2D eigenvalue weighted by Gasteiger charge is 2.40. The molecule has 3 aliphatic rings. The second-order valence-electron chi connectivity index (χ2n) is 7.07. The number of carbonyl (C=O) groups excluding carboxylic acids is 1. The lowest BCUT2D eigenvalue weighted by Crippen LogP contribution is -2.50. The number of thiazole rings is 1. The van der Waals surface area contributed by atoms with E-state index in [9.17, 15) is 4.79 Å². The molecule has 2 aromatic rings. The molecule has 1 aromatic heterocycles. The number of ether oxygens (including phenoxy) is 1. The standard InChI is InChI=1S/C19H23N3O2S/c1-14-20-17(16(25-14)15-5-3-2-4-6-15)21-18(23)24-13-19-7-10-22(11-8-19)12-9-19/h2-6H,7-13H2,1H3,(H,21,23). The topological polar surface area (TPSA) is 54.5 Å². The molecule has 0 radical (unpaired) electrons. The first kappa shape index (κ1) is 16.5. The molecule has 1 amide bonds. The van der Waals surface area contributed by atoms with Crippen LogP contribution in [0.15, 0.2) is 30.3 Å². The van der Waals surface area contributed by atoms with Gasteiger partial charge in [0, 0.05) is 5.41 Å². The molecule has 6 heteroatoms. The number of carbonyl (C=O) groups is 1. The van der Waals surface area contributed by atoms with Crippen molar-refractivity contribution < 1.29 is 9.53 Å². The van der Waals surface area contributed by atoms with Gasteiger partial charge in [0.15, 0.2) is 5.82 Å². The average molecular weight is 357 g/mol. The molecule has 4 heterocycles. The Hall–Kier alpha value is -1.92. The van der Waals surface area contributed by atoms with Gasteiger partial charge < -0.3 is 9.64 Å². The van der Waals surface area contributed by atoms with Crippen molar-refractivity contribution in [2.45, 2.75) is 26.2 Å². The van der Waals surface area contributed by atoms with Gasteiger partial charge in [0.25, 0.3) is 0 Å². The van der Waals surface area contributed by atoms with E-state index in [2.05, 4.69) is 15.2 Å². The van der Waals surface area contributed by atoms with Gasteiger partial charge in [0.05, 0.1) is 16.5 Å². The Labute approximate surface area is 152 Å². The number of rotatable bonds is 4. The van der Waals surface area contributed by atoms with Crippen molar-refractivity contribution in [1.29, 1.82) is 0 Å². The van der Waals surface area contributed by atoms with Crippen molar-refractivity contribution in [2.24, 2.45) is 5.41 Å². The lowest BCUT2D eigenvalue weighted by atomic mass is 9.73. The molecule has 3 saturated heterocycles. The molecule has 1 N–H and O–H groups in total. The minimum atomic E-state index is -0.398. The summed E-state index contributed by atoms with van der Waals surface area (Å²) in [5.74, 6) is 0.592. The van der Waals surface area contributed by atoms with Crippen LogP contribution in [0.25, 0.3) is 10.4 Å². The molecular weight excluding hydrogens is 334 g/mol. The number of aryl methyl sites for hydroxylation is 1. The van der Waals surface area contributed by atoms with E-state index >= 15 is 0 Å². The van der Waals surface area contributed by atoms with E-state index in [1.165, 1.54) is 0 Å². The molecule has 25 heavy (non-hydrogen) atoms. The molecule has 132 valence electrons. The summed E-state index contributed by atoms with van der Waals surface area (Å²) in [5.41, 5.74) is 1.24. The van der Waals surface area contributed by atoms with Crippen LogP contribution in [0.3, 0.4) is 0 Å². The van der Waals surface area contributed by atoms with Crippen molar-refractivity contribution >= 4 is 23.2 Å². The first-order chi connectivity index (χ1) is 12.1. The van der Waals surface area contributed by atoms with E-state index in [-0.39, 0.29) is 5.41 Å². The van der Waals surface area contributed by atoms with E-state index in [0.29, 0.717) is 12.4 Å². The number of nitrogens with zero attached hydrogens (tertiary/aromatic N) is 2. The number of piperidine rings is 3. The Balaban J connectivity index is 1.41. The van der Waals surface area contributed by atoms with E-state index in [4.69, 9.17) is 4.74 Å². The van der Waals surface area contributed by atoms with E-state index in [1.807, 2.05) is 37.3 Å². The Morgan fingerprint density at radius 3 is 2.60 bits per heavy atom. The zero-order valence-electron chi connectivity index (χ0n) is 14.5. The molecule has 0 atom stereocenters. The summed E-state index contributed by atoms with van der Waals surface area (Å²) in [5, 5.41) is 3.77. The predicted molar refractivity (Wildman–Crippen MR) is 100.0 cm³/mol. The number of amides is 1. The third-order valence-corrected chi connectivity index (χ3v) is 6.39. The van der Waals surface area contributed by atoms with Gasteiger partial charge in [0.1, 0.15) is 0 Å². The summed E-state index contributed by atoms with van der Waals surface area (Å²) in [4.78, 5) is 20.3. The molecule has 0 aliphatic carbocycles. The molecule has 0 spiro atoms. The Kier molecular flexibility index (Phi) is 4.48. The highest BCUT2D eigenvalue weighted by Crippen LogP contribution is 2.40. The fourth-order valence-corrected chi connectivity index (χ4v) is 4.64. The summed E-state index contributed by atoms with van der Waals surface area (Å²) in [7, 11) is 0. The SMILES string of the molecule is Cc1nc(NC(=O)OCC23CCN(CC2)CC3)c(-c2ccccc2)s1. The first-order valence-electron chi connectivity index (χ1n) is 8.83. The van der Waals surface area contributed by atoms with Gasteiger partial charge in [-0.1, -0.05) is 30.3 Å². The summed E-state index contributed by atoms with van der Waals surface area (Å²) in [6.45, 7) is 5.86. The second-order valence-corrected chi connectivity index (χ2v) is 8.27. The normalized spacial score (nSPS) is 24.9. The Bertz CT molecular complexity index is 738. The maximum Gasteiger partial charge on any atom is 0.412 e. The fourth-order valence-electron chi connectivity index (χ4n) is 3.76. The number of fused-ring (bicyclic) bond motifs is 3. The Morgan fingerprint density at radius 2 is 1.92 bits per heavy atom. The molecule has 0 saturated carbocycles. The number of aromatic nitrogens is 1. The van der Waals surface area contributed by atoms with Gasteiger partial charge in [-0.25, -0.2) is 9.78 Å². The molecule has 5 rings (SSSR count). The summed E-state index contributed by atoms with van der Waals surface area (Å²) < 4.78 is 5.60. The van der Waals surface area contributed by atoms with Gasteiger partial charge in [-0.05, 0) is 51.4 Å². The van der Waals surface area contributed by atoms with Gasteiger partial charge in [0.2, 0.25) is 0 Å². The second kappa shape index (κ2) is 6.77. The zero-order valence-corrected chi connectivity index (χ0v) is 15.3. The van der Waals surface area contributed by atoms with Crippen molar-refractivity contribution in [3.8, 4) is 10.4 Å². The molecular formula is C19H23N3O2S. The minimum absolute atomic E-state index is 0.187. The lowest BCUT2D eigenvalue weighted by Gasteiger charge is -2.47. The molecule has 1 aromatic carbocycles. The summed E-state index contributed by atoms with van der Waals surface area (Å²) >= 11 is 1.58. The third kappa shape index (κ3) is 3.55. The molecule has 0 unspecified atom stereocenters. The van der Waals surface area contributed by atoms with E-state index in [1.54, 1.807) is 11.3 Å². The van der Waals surface area contributed by atoms with Crippen LogP contribution < -0.4 is 5.32 Å². The van der Waals surface area contributed by atoms with E-state index in [0.717, 1.165) is 54.3 Å². The minimum Gasteiger partial charge on any atom is -0.449 e. The smallest absolute Gasteiger partial charge is 0.412 e. The van der Waals surface area contributed by atoms with Crippen molar-refractivity contribution in [3.05, 3.63) is 35.3 Å². The van der Waals surface area contributed by atoms with Crippen molar-refractivity contribution in [1.82, 2.24) is 9.88 Å². The fraction of sp³-hybridized carbons (Fsp3) is 0.474. The highest BCUT2D eigenvalue weighted by molar-refractivity contribution is 7.15. The van der Waals surface area contributed by atoms with Gasteiger partial charge in [-0.2, -0.15) is 0 Å². The van der Waals surface area contributed by atoms with Crippen LogP contribution in [0.2, 0.25) is 0 Å². The third-order valence-electron chi connectivity index (χ3n) is 5.38. The number of benzene rings is 1. The van der Waals surface area contributed by atoms with Gasteiger partial charge in [-0.15, -0.1) is 11.3 Å². The summed E-state index contributed by atoms with van der Waals surface area (Å²) in [6.07, 6.45) is 2.99.